The highest BCUT2D eigenvalue weighted by Gasteiger charge is 2.41. The fourth-order valence-electron chi connectivity index (χ4n) is 3.89. The number of hydrogen-bond acceptors (Lipinski definition) is 6. The van der Waals surface area contributed by atoms with E-state index in [9.17, 15) is 13.2 Å². The van der Waals surface area contributed by atoms with Crippen molar-refractivity contribution in [3.63, 3.8) is 0 Å². The van der Waals surface area contributed by atoms with Gasteiger partial charge in [-0.25, -0.2) is 8.42 Å². The Morgan fingerprint density at radius 1 is 1.17 bits per heavy atom. The molecule has 29 heavy (non-hydrogen) atoms. The zero-order valence-electron chi connectivity index (χ0n) is 16.9. The molecule has 1 aliphatic carbocycles. The Hall–Kier alpha value is -2.22. The number of aromatic nitrogens is 2. The standard InChI is InChI=1S/C21H27N3O4S/c1-14(2)15-3-5-16(6-4-15)21-22-19(28-23-21)9-10-20(25)24(17-7-8-17)18-11-12-29(26,27)13-18/h3-6,14,17-18H,7-13H2,1-2H3. The van der Waals surface area contributed by atoms with Crippen LogP contribution in [0.5, 0.6) is 0 Å². The third-order valence-corrected chi connectivity index (χ3v) is 7.44. The summed E-state index contributed by atoms with van der Waals surface area (Å²) in [7, 11) is -3.02. The number of sulfone groups is 1. The van der Waals surface area contributed by atoms with Crippen LogP contribution >= 0.6 is 0 Å². The van der Waals surface area contributed by atoms with Crippen molar-refractivity contribution in [3.8, 4) is 11.4 Å². The molecule has 8 heteroatoms. The third-order valence-electron chi connectivity index (χ3n) is 5.69. The van der Waals surface area contributed by atoms with E-state index in [0.29, 0.717) is 30.5 Å². The summed E-state index contributed by atoms with van der Waals surface area (Å²) < 4.78 is 29.0. The number of rotatable bonds is 7. The molecule has 156 valence electrons. The molecule has 1 amide bonds. The highest BCUT2D eigenvalue weighted by molar-refractivity contribution is 7.91. The molecule has 1 aromatic heterocycles. The molecule has 0 bridgehead atoms. The number of benzene rings is 1. The number of hydrogen-bond donors (Lipinski definition) is 0. The number of amides is 1. The van der Waals surface area contributed by atoms with Gasteiger partial charge in [-0.2, -0.15) is 4.98 Å². The Kier molecular flexibility index (Phi) is 5.46. The lowest BCUT2D eigenvalue weighted by molar-refractivity contribution is -0.133. The fourth-order valence-corrected chi connectivity index (χ4v) is 5.60. The van der Waals surface area contributed by atoms with Gasteiger partial charge < -0.3 is 9.42 Å². The summed E-state index contributed by atoms with van der Waals surface area (Å²) in [6.45, 7) is 4.29. The summed E-state index contributed by atoms with van der Waals surface area (Å²) in [6, 6.07) is 8.08. The van der Waals surface area contributed by atoms with E-state index in [1.54, 1.807) is 0 Å². The molecule has 4 rings (SSSR count). The first-order valence-electron chi connectivity index (χ1n) is 10.3. The largest absolute Gasteiger partial charge is 0.339 e. The minimum Gasteiger partial charge on any atom is -0.339 e. The van der Waals surface area contributed by atoms with Crippen LogP contribution in [-0.4, -0.2) is 53.0 Å². The Morgan fingerprint density at radius 3 is 2.48 bits per heavy atom. The maximum absolute atomic E-state index is 12.8. The SMILES string of the molecule is CC(C)c1ccc(-c2noc(CCC(=O)N(C3CC3)C3CCS(=O)(=O)C3)n2)cc1. The maximum atomic E-state index is 12.8. The number of carbonyl (C=O) groups is 1. The lowest BCUT2D eigenvalue weighted by Gasteiger charge is -2.28. The molecule has 2 aliphatic rings. The van der Waals surface area contributed by atoms with E-state index in [2.05, 4.69) is 36.1 Å². The molecule has 0 N–H and O–H groups in total. The van der Waals surface area contributed by atoms with Crippen molar-refractivity contribution < 1.29 is 17.7 Å². The van der Waals surface area contributed by atoms with Crippen molar-refractivity contribution in [2.75, 3.05) is 11.5 Å². The molecule has 0 spiro atoms. The lowest BCUT2D eigenvalue weighted by atomic mass is 10.0. The Morgan fingerprint density at radius 2 is 1.90 bits per heavy atom. The second kappa shape index (κ2) is 7.89. The van der Waals surface area contributed by atoms with Crippen molar-refractivity contribution in [3.05, 3.63) is 35.7 Å². The van der Waals surface area contributed by atoms with E-state index in [-0.39, 0.29) is 35.9 Å². The fraction of sp³-hybridized carbons (Fsp3) is 0.571. The van der Waals surface area contributed by atoms with Gasteiger partial charge in [0, 0.05) is 30.5 Å². The molecule has 1 aromatic carbocycles. The van der Waals surface area contributed by atoms with Crippen molar-refractivity contribution in [2.24, 2.45) is 0 Å². The van der Waals surface area contributed by atoms with Gasteiger partial charge in [0.15, 0.2) is 9.84 Å². The summed E-state index contributed by atoms with van der Waals surface area (Å²) >= 11 is 0. The van der Waals surface area contributed by atoms with Crippen LogP contribution in [0.15, 0.2) is 28.8 Å². The van der Waals surface area contributed by atoms with Gasteiger partial charge in [-0.15, -0.1) is 0 Å². The monoisotopic (exact) mass is 417 g/mol. The van der Waals surface area contributed by atoms with Gasteiger partial charge in [0.05, 0.1) is 11.5 Å². The second-order valence-corrected chi connectivity index (χ2v) is 10.6. The topological polar surface area (TPSA) is 93.4 Å². The molecule has 0 radical (unpaired) electrons. The molecular formula is C21H27N3O4S. The van der Waals surface area contributed by atoms with E-state index in [1.807, 2.05) is 17.0 Å². The zero-order valence-corrected chi connectivity index (χ0v) is 17.7. The van der Waals surface area contributed by atoms with E-state index in [0.717, 1.165) is 18.4 Å². The summed E-state index contributed by atoms with van der Waals surface area (Å²) in [5, 5.41) is 4.04. The summed E-state index contributed by atoms with van der Waals surface area (Å²) in [5.74, 6) is 1.65. The molecule has 2 heterocycles. The molecule has 1 aliphatic heterocycles. The van der Waals surface area contributed by atoms with Crippen molar-refractivity contribution in [1.29, 1.82) is 0 Å². The molecule has 2 fully saturated rings. The third kappa shape index (κ3) is 4.69. The van der Waals surface area contributed by atoms with Crippen LogP contribution in [0.4, 0.5) is 0 Å². The van der Waals surface area contributed by atoms with Crippen LogP contribution in [0, 0.1) is 0 Å². The van der Waals surface area contributed by atoms with Crippen molar-refractivity contribution in [2.45, 2.75) is 64.0 Å². The zero-order chi connectivity index (χ0) is 20.6. The predicted octanol–water partition coefficient (Wildman–Crippen LogP) is 2.97. The van der Waals surface area contributed by atoms with Gasteiger partial charge in [-0.3, -0.25) is 4.79 Å². The molecule has 7 nitrogen and oxygen atoms in total. The van der Waals surface area contributed by atoms with Crippen LogP contribution < -0.4 is 0 Å². The van der Waals surface area contributed by atoms with Gasteiger partial charge in [-0.1, -0.05) is 43.3 Å². The van der Waals surface area contributed by atoms with Crippen LogP contribution in [0.25, 0.3) is 11.4 Å². The van der Waals surface area contributed by atoms with Crippen LogP contribution in [0.2, 0.25) is 0 Å². The number of nitrogens with zero attached hydrogens (tertiary/aromatic N) is 3. The average Bonchev–Trinajstić information content (AvgIpc) is 3.28. The molecule has 2 aromatic rings. The van der Waals surface area contributed by atoms with Gasteiger partial charge >= 0.3 is 0 Å². The second-order valence-electron chi connectivity index (χ2n) is 8.38. The van der Waals surface area contributed by atoms with Crippen LogP contribution in [0.3, 0.4) is 0 Å². The minimum atomic E-state index is -3.02. The molecule has 1 unspecified atom stereocenters. The Bertz CT molecular complexity index is 978. The molecule has 1 atom stereocenters. The summed E-state index contributed by atoms with van der Waals surface area (Å²) in [6.07, 6.45) is 3.07. The Labute approximate surface area is 171 Å². The first kappa shape index (κ1) is 20.1. The highest BCUT2D eigenvalue weighted by atomic mass is 32.2. The predicted molar refractivity (Wildman–Crippen MR) is 109 cm³/mol. The Balaban J connectivity index is 1.38. The van der Waals surface area contributed by atoms with Gasteiger partial charge in [0.1, 0.15) is 0 Å². The lowest BCUT2D eigenvalue weighted by Crippen LogP contribution is -2.42. The first-order chi connectivity index (χ1) is 13.8. The van der Waals surface area contributed by atoms with Gasteiger partial charge in [0.25, 0.3) is 0 Å². The van der Waals surface area contributed by atoms with Crippen molar-refractivity contribution >= 4 is 15.7 Å². The highest BCUT2D eigenvalue weighted by Crippen LogP contribution is 2.33. The number of carbonyl (C=O) groups excluding carboxylic acids is 1. The smallest absolute Gasteiger partial charge is 0.227 e. The number of aryl methyl sites for hydroxylation is 1. The quantitative estimate of drug-likeness (QED) is 0.688. The average molecular weight is 418 g/mol. The van der Waals surface area contributed by atoms with E-state index in [4.69, 9.17) is 4.52 Å². The first-order valence-corrected chi connectivity index (χ1v) is 12.1. The van der Waals surface area contributed by atoms with E-state index < -0.39 is 9.84 Å². The summed E-state index contributed by atoms with van der Waals surface area (Å²) in [4.78, 5) is 19.1. The molecule has 1 saturated heterocycles. The molecular weight excluding hydrogens is 390 g/mol. The van der Waals surface area contributed by atoms with Crippen LogP contribution in [-0.2, 0) is 21.1 Å². The maximum Gasteiger partial charge on any atom is 0.227 e. The van der Waals surface area contributed by atoms with Gasteiger partial charge in [-0.05, 0) is 30.7 Å². The van der Waals surface area contributed by atoms with Crippen LogP contribution in [0.1, 0.15) is 56.9 Å². The molecule has 1 saturated carbocycles. The van der Waals surface area contributed by atoms with E-state index >= 15 is 0 Å². The summed E-state index contributed by atoms with van der Waals surface area (Å²) in [5.41, 5.74) is 2.13. The normalized spacial score (nSPS) is 20.9. The van der Waals surface area contributed by atoms with E-state index in [1.165, 1.54) is 5.56 Å². The minimum absolute atomic E-state index is 0.0179. The van der Waals surface area contributed by atoms with Gasteiger partial charge in [0.2, 0.25) is 17.6 Å². The van der Waals surface area contributed by atoms with Crippen molar-refractivity contribution in [1.82, 2.24) is 15.0 Å².